The highest BCUT2D eigenvalue weighted by Crippen LogP contribution is 2.32. The molecule has 17 heavy (non-hydrogen) atoms. The minimum atomic E-state index is 0.0137. The molecule has 2 fully saturated rings. The van der Waals surface area contributed by atoms with E-state index in [0.29, 0.717) is 12.1 Å². The first-order chi connectivity index (χ1) is 7.96. The molecule has 2 rings (SSSR count). The maximum atomic E-state index is 5.92. The first-order valence-electron chi connectivity index (χ1n) is 7.10. The van der Waals surface area contributed by atoms with Crippen molar-refractivity contribution in [2.75, 3.05) is 26.2 Å². The molecule has 0 aromatic heterocycles. The Morgan fingerprint density at radius 3 is 2.71 bits per heavy atom. The molecular formula is C14H28N2O. The summed E-state index contributed by atoms with van der Waals surface area (Å²) in [4.78, 5) is 2.53. The van der Waals surface area contributed by atoms with Crippen molar-refractivity contribution in [1.29, 1.82) is 0 Å². The van der Waals surface area contributed by atoms with Crippen LogP contribution in [0.15, 0.2) is 0 Å². The van der Waals surface area contributed by atoms with E-state index < -0.39 is 0 Å². The van der Waals surface area contributed by atoms with Crippen molar-refractivity contribution in [3.05, 3.63) is 0 Å². The predicted molar refractivity (Wildman–Crippen MR) is 71.3 cm³/mol. The zero-order chi connectivity index (χ0) is 12.5. The van der Waals surface area contributed by atoms with Gasteiger partial charge in [-0.1, -0.05) is 0 Å². The van der Waals surface area contributed by atoms with E-state index in [1.165, 1.54) is 12.8 Å². The second kappa shape index (κ2) is 5.25. The number of nitrogens with zero attached hydrogens (tertiary/aromatic N) is 1. The van der Waals surface area contributed by atoms with E-state index in [-0.39, 0.29) is 5.60 Å². The molecule has 1 heterocycles. The molecule has 1 saturated carbocycles. The van der Waals surface area contributed by atoms with Gasteiger partial charge in [-0.3, -0.25) is 4.90 Å². The Morgan fingerprint density at radius 2 is 2.12 bits per heavy atom. The van der Waals surface area contributed by atoms with Crippen LogP contribution in [0.3, 0.4) is 0 Å². The molecule has 0 amide bonds. The van der Waals surface area contributed by atoms with E-state index in [0.717, 1.165) is 32.1 Å². The van der Waals surface area contributed by atoms with Gasteiger partial charge in [-0.25, -0.2) is 0 Å². The van der Waals surface area contributed by atoms with Crippen LogP contribution in [0.4, 0.5) is 0 Å². The van der Waals surface area contributed by atoms with Gasteiger partial charge >= 0.3 is 0 Å². The van der Waals surface area contributed by atoms with Crippen LogP contribution in [0.2, 0.25) is 0 Å². The minimum absolute atomic E-state index is 0.0137. The molecule has 3 heteroatoms. The number of morpholine rings is 1. The Labute approximate surface area is 106 Å². The van der Waals surface area contributed by atoms with Crippen molar-refractivity contribution in [2.45, 2.75) is 58.3 Å². The highest BCUT2D eigenvalue weighted by molar-refractivity contribution is 4.85. The predicted octanol–water partition coefficient (Wildman–Crippen LogP) is 1.87. The first kappa shape index (κ1) is 13.3. The van der Waals surface area contributed by atoms with E-state index in [1.807, 2.05) is 0 Å². The fourth-order valence-electron chi connectivity index (χ4n) is 2.97. The van der Waals surface area contributed by atoms with Gasteiger partial charge < -0.3 is 10.1 Å². The van der Waals surface area contributed by atoms with Crippen LogP contribution in [-0.4, -0.2) is 48.8 Å². The summed E-state index contributed by atoms with van der Waals surface area (Å²) in [6.07, 6.45) is 3.21. The number of ether oxygens (including phenoxy) is 1. The second-order valence-electron chi connectivity index (χ2n) is 6.50. The molecule has 0 spiro atoms. The lowest BCUT2D eigenvalue weighted by Gasteiger charge is -2.41. The molecule has 1 aliphatic heterocycles. The summed E-state index contributed by atoms with van der Waals surface area (Å²) in [6.45, 7) is 13.3. The molecule has 2 aliphatic rings. The van der Waals surface area contributed by atoms with Crippen molar-refractivity contribution in [3.8, 4) is 0 Å². The lowest BCUT2D eigenvalue weighted by atomic mass is 10.1. The summed E-state index contributed by atoms with van der Waals surface area (Å²) in [7, 11) is 0. The number of nitrogens with one attached hydrogen (secondary N) is 1. The Hall–Kier alpha value is -0.120. The zero-order valence-corrected chi connectivity index (χ0v) is 11.8. The van der Waals surface area contributed by atoms with Crippen molar-refractivity contribution in [3.63, 3.8) is 0 Å². The van der Waals surface area contributed by atoms with E-state index in [4.69, 9.17) is 4.74 Å². The van der Waals surface area contributed by atoms with Gasteiger partial charge in [0, 0.05) is 32.2 Å². The van der Waals surface area contributed by atoms with Gasteiger partial charge in [0.1, 0.15) is 0 Å². The maximum absolute atomic E-state index is 5.92. The van der Waals surface area contributed by atoms with Crippen LogP contribution >= 0.6 is 0 Å². The van der Waals surface area contributed by atoms with Gasteiger partial charge in [-0.15, -0.1) is 0 Å². The summed E-state index contributed by atoms with van der Waals surface area (Å²) in [5.41, 5.74) is 0.0137. The van der Waals surface area contributed by atoms with Gasteiger partial charge in [-0.05, 0) is 46.5 Å². The maximum Gasteiger partial charge on any atom is 0.0757 e. The Kier molecular flexibility index (Phi) is 4.11. The summed E-state index contributed by atoms with van der Waals surface area (Å²) in [6, 6.07) is 0.710. The molecule has 2 unspecified atom stereocenters. The summed E-state index contributed by atoms with van der Waals surface area (Å²) in [5.74, 6) is 0.954. The van der Waals surface area contributed by atoms with Crippen molar-refractivity contribution >= 4 is 0 Å². The molecule has 2 atom stereocenters. The molecule has 3 nitrogen and oxygen atoms in total. The molecule has 0 bridgehead atoms. The van der Waals surface area contributed by atoms with Gasteiger partial charge in [0.05, 0.1) is 11.7 Å². The summed E-state index contributed by atoms with van der Waals surface area (Å²) in [5, 5.41) is 3.65. The molecule has 1 saturated heterocycles. The van der Waals surface area contributed by atoms with Crippen LogP contribution in [-0.2, 0) is 4.74 Å². The largest absolute Gasteiger partial charge is 0.370 e. The zero-order valence-electron chi connectivity index (χ0n) is 11.8. The number of rotatable bonds is 5. The monoisotopic (exact) mass is 240 g/mol. The third kappa shape index (κ3) is 4.23. The Balaban J connectivity index is 1.67. The molecular weight excluding hydrogens is 212 g/mol. The molecule has 0 aromatic rings. The fourth-order valence-corrected chi connectivity index (χ4v) is 2.97. The first-order valence-corrected chi connectivity index (χ1v) is 7.10. The number of hydrogen-bond donors (Lipinski definition) is 1. The summed E-state index contributed by atoms with van der Waals surface area (Å²) < 4.78 is 5.92. The van der Waals surface area contributed by atoms with Crippen LogP contribution in [0, 0.1) is 5.92 Å². The van der Waals surface area contributed by atoms with Crippen LogP contribution in [0.1, 0.15) is 40.5 Å². The highest BCUT2D eigenvalue weighted by Gasteiger charge is 2.31. The molecule has 0 radical (unpaired) electrons. The van der Waals surface area contributed by atoms with E-state index in [9.17, 15) is 0 Å². The van der Waals surface area contributed by atoms with Crippen LogP contribution < -0.4 is 5.32 Å². The average Bonchev–Trinajstić information content (AvgIpc) is 2.96. The average molecular weight is 240 g/mol. The van der Waals surface area contributed by atoms with Gasteiger partial charge in [0.15, 0.2) is 0 Å². The van der Waals surface area contributed by atoms with Crippen molar-refractivity contribution in [1.82, 2.24) is 10.2 Å². The quantitative estimate of drug-likeness (QED) is 0.794. The SMILES string of the molecule is CC1CN(CCNC(C)C2CC2)CC(C)(C)O1. The molecule has 0 aromatic carbocycles. The van der Waals surface area contributed by atoms with Gasteiger partial charge in [-0.2, -0.15) is 0 Å². The van der Waals surface area contributed by atoms with Gasteiger partial charge in [0.2, 0.25) is 0 Å². The second-order valence-corrected chi connectivity index (χ2v) is 6.50. The van der Waals surface area contributed by atoms with Crippen molar-refractivity contribution in [2.24, 2.45) is 5.92 Å². The molecule has 1 N–H and O–H groups in total. The highest BCUT2D eigenvalue weighted by atomic mass is 16.5. The Morgan fingerprint density at radius 1 is 1.41 bits per heavy atom. The third-order valence-electron chi connectivity index (χ3n) is 3.86. The van der Waals surface area contributed by atoms with Crippen LogP contribution in [0.25, 0.3) is 0 Å². The minimum Gasteiger partial charge on any atom is -0.370 e. The van der Waals surface area contributed by atoms with Gasteiger partial charge in [0.25, 0.3) is 0 Å². The lowest BCUT2D eigenvalue weighted by molar-refractivity contribution is -0.128. The van der Waals surface area contributed by atoms with Crippen molar-refractivity contribution < 1.29 is 4.74 Å². The van der Waals surface area contributed by atoms with E-state index in [2.05, 4.69) is 37.9 Å². The topological polar surface area (TPSA) is 24.5 Å². The Bertz CT molecular complexity index is 251. The standard InChI is InChI=1S/C14H28N2O/c1-11-9-16(10-14(3,4)17-11)8-7-15-12(2)13-5-6-13/h11-13,15H,5-10H2,1-4H3. The smallest absolute Gasteiger partial charge is 0.0757 e. The summed E-state index contributed by atoms with van der Waals surface area (Å²) >= 11 is 0. The van der Waals surface area contributed by atoms with E-state index >= 15 is 0 Å². The van der Waals surface area contributed by atoms with E-state index in [1.54, 1.807) is 0 Å². The normalized spacial score (nSPS) is 31.4. The van der Waals surface area contributed by atoms with Crippen LogP contribution in [0.5, 0.6) is 0 Å². The third-order valence-corrected chi connectivity index (χ3v) is 3.86. The number of hydrogen-bond acceptors (Lipinski definition) is 3. The fraction of sp³-hybridized carbons (Fsp3) is 1.00. The lowest BCUT2D eigenvalue weighted by Crippen LogP contribution is -2.53. The molecule has 100 valence electrons. The molecule has 1 aliphatic carbocycles.